The average molecular weight is 359 g/mol. The van der Waals surface area contributed by atoms with Crippen LogP contribution < -0.4 is 15.4 Å². The Kier molecular flexibility index (Phi) is 8.96. The zero-order chi connectivity index (χ0) is 19.4. The molecule has 1 rings (SSSR count). The molecule has 0 atom stereocenters. The van der Waals surface area contributed by atoms with E-state index in [9.17, 15) is 14.4 Å². The lowest BCUT2D eigenvalue weighted by Crippen LogP contribution is -2.41. The number of carbonyl (C=O) groups excluding carboxylic acids is 3. The van der Waals surface area contributed by atoms with Crippen molar-refractivity contribution in [1.29, 1.82) is 5.26 Å². The Morgan fingerprint density at radius 2 is 1.88 bits per heavy atom. The van der Waals surface area contributed by atoms with Gasteiger partial charge in [-0.2, -0.15) is 5.26 Å². The van der Waals surface area contributed by atoms with Crippen molar-refractivity contribution in [1.82, 2.24) is 10.6 Å². The van der Waals surface area contributed by atoms with Crippen molar-refractivity contribution in [2.75, 3.05) is 19.8 Å². The highest BCUT2D eigenvalue weighted by molar-refractivity contribution is 6.00. The van der Waals surface area contributed by atoms with Crippen LogP contribution in [0.3, 0.4) is 0 Å². The van der Waals surface area contributed by atoms with Gasteiger partial charge in [0.15, 0.2) is 6.61 Å². The van der Waals surface area contributed by atoms with E-state index in [4.69, 9.17) is 14.7 Å². The fraction of sp³-hybridized carbons (Fsp3) is 0.333. The van der Waals surface area contributed by atoms with Gasteiger partial charge in [-0.1, -0.05) is 19.1 Å². The molecule has 1 aromatic carbocycles. The summed E-state index contributed by atoms with van der Waals surface area (Å²) in [7, 11) is 0. The minimum absolute atomic E-state index is 0.266. The number of nitrogens with one attached hydrogen (secondary N) is 2. The summed E-state index contributed by atoms with van der Waals surface area (Å²) < 4.78 is 10.1. The maximum Gasteiger partial charge on any atom is 0.349 e. The number of imide groups is 1. The van der Waals surface area contributed by atoms with Crippen molar-refractivity contribution in [2.24, 2.45) is 0 Å². The number of carbonyl (C=O) groups is 3. The quantitative estimate of drug-likeness (QED) is 0.415. The molecule has 0 aliphatic heterocycles. The Bertz CT molecular complexity index is 705. The molecule has 0 radical (unpaired) electrons. The molecular formula is C18H21N3O5. The molecule has 3 amide bonds. The second kappa shape index (κ2) is 11.3. The number of hydrogen-bond donors (Lipinski definition) is 2. The number of nitrogens with zero attached hydrogens (tertiary/aromatic N) is 1. The van der Waals surface area contributed by atoms with Crippen LogP contribution in [0, 0.1) is 11.3 Å². The van der Waals surface area contributed by atoms with Gasteiger partial charge in [0, 0.05) is 6.54 Å². The summed E-state index contributed by atoms with van der Waals surface area (Å²) in [5.74, 6) is -1.07. The smallest absolute Gasteiger partial charge is 0.349 e. The molecule has 0 unspecified atom stereocenters. The normalized spacial score (nSPS) is 10.4. The maximum absolute atomic E-state index is 11.9. The van der Waals surface area contributed by atoms with Gasteiger partial charge in [-0.3, -0.25) is 10.1 Å². The fourth-order valence-electron chi connectivity index (χ4n) is 1.78. The minimum atomic E-state index is -0.953. The third-order valence-electron chi connectivity index (χ3n) is 2.97. The van der Waals surface area contributed by atoms with E-state index in [0.29, 0.717) is 24.5 Å². The number of benzene rings is 1. The molecule has 138 valence electrons. The Hall–Kier alpha value is -3.34. The van der Waals surface area contributed by atoms with E-state index in [-0.39, 0.29) is 5.57 Å². The van der Waals surface area contributed by atoms with Gasteiger partial charge >= 0.3 is 12.0 Å². The van der Waals surface area contributed by atoms with Gasteiger partial charge in [0.25, 0.3) is 5.91 Å². The molecular weight excluding hydrogens is 338 g/mol. The predicted octanol–water partition coefficient (Wildman–Crippen LogP) is 1.77. The van der Waals surface area contributed by atoms with E-state index in [2.05, 4.69) is 5.32 Å². The minimum Gasteiger partial charge on any atom is -0.494 e. The van der Waals surface area contributed by atoms with E-state index in [1.807, 2.05) is 19.2 Å². The monoisotopic (exact) mass is 359 g/mol. The van der Waals surface area contributed by atoms with Gasteiger partial charge < -0.3 is 14.8 Å². The number of urea groups is 1. The first-order valence-corrected chi connectivity index (χ1v) is 8.09. The first-order chi connectivity index (χ1) is 12.5. The summed E-state index contributed by atoms with van der Waals surface area (Å²) in [4.78, 5) is 34.7. The lowest BCUT2D eigenvalue weighted by Gasteiger charge is -2.06. The topological polar surface area (TPSA) is 118 Å². The molecule has 1 aromatic rings. The van der Waals surface area contributed by atoms with Gasteiger partial charge in [0.1, 0.15) is 17.4 Å². The third-order valence-corrected chi connectivity index (χ3v) is 2.97. The molecule has 2 N–H and O–H groups in total. The number of ether oxygens (including phenoxy) is 2. The van der Waals surface area contributed by atoms with E-state index in [1.54, 1.807) is 30.3 Å². The SMILES string of the molecule is CCCNC(=O)NC(=O)COC(=O)/C(C#N)=C/c1ccc(OCC)cc1. The molecule has 0 aromatic heterocycles. The average Bonchev–Trinajstić information content (AvgIpc) is 2.64. The summed E-state index contributed by atoms with van der Waals surface area (Å²) in [5.41, 5.74) is 0.336. The Labute approximate surface area is 151 Å². The summed E-state index contributed by atoms with van der Waals surface area (Å²) in [5, 5.41) is 13.6. The lowest BCUT2D eigenvalue weighted by molar-refractivity contribution is -0.144. The Morgan fingerprint density at radius 3 is 2.46 bits per heavy atom. The Balaban J connectivity index is 2.59. The summed E-state index contributed by atoms with van der Waals surface area (Å²) in [6, 6.07) is 7.83. The standard InChI is InChI=1S/C18H21N3O5/c1-3-9-20-18(24)21-16(22)12-26-17(23)14(11-19)10-13-5-7-15(8-6-13)25-4-2/h5-8,10H,3-4,9,12H2,1-2H3,(H2,20,21,22,24)/b14-10+. The van der Waals surface area contributed by atoms with Gasteiger partial charge in [0.2, 0.25) is 0 Å². The Morgan fingerprint density at radius 1 is 1.19 bits per heavy atom. The molecule has 0 aliphatic rings. The van der Waals surface area contributed by atoms with Crippen LogP contribution in [0.15, 0.2) is 29.8 Å². The van der Waals surface area contributed by atoms with E-state index in [1.165, 1.54) is 6.08 Å². The first kappa shape index (κ1) is 20.7. The molecule has 0 aliphatic carbocycles. The van der Waals surface area contributed by atoms with Gasteiger partial charge in [-0.15, -0.1) is 0 Å². The molecule has 0 fully saturated rings. The number of amides is 3. The number of nitriles is 1. The number of esters is 1. The second-order valence-electron chi connectivity index (χ2n) is 5.05. The van der Waals surface area contributed by atoms with Crippen LogP contribution in [0.5, 0.6) is 5.75 Å². The van der Waals surface area contributed by atoms with Crippen molar-refractivity contribution >= 4 is 24.0 Å². The molecule has 0 saturated carbocycles. The van der Waals surface area contributed by atoms with Crippen LogP contribution in [0.2, 0.25) is 0 Å². The first-order valence-electron chi connectivity index (χ1n) is 8.09. The van der Waals surface area contributed by atoms with Crippen LogP contribution in [0.4, 0.5) is 4.79 Å². The molecule has 26 heavy (non-hydrogen) atoms. The number of rotatable bonds is 8. The summed E-state index contributed by atoms with van der Waals surface area (Å²) in [6.07, 6.45) is 2.06. The van der Waals surface area contributed by atoms with Crippen molar-refractivity contribution < 1.29 is 23.9 Å². The summed E-state index contributed by atoms with van der Waals surface area (Å²) in [6.45, 7) is 4.01. The van der Waals surface area contributed by atoms with E-state index < -0.39 is 24.5 Å². The van der Waals surface area contributed by atoms with Gasteiger partial charge in [0.05, 0.1) is 6.61 Å². The van der Waals surface area contributed by atoms with Crippen LogP contribution in [-0.2, 0) is 14.3 Å². The van der Waals surface area contributed by atoms with Crippen molar-refractivity contribution in [3.63, 3.8) is 0 Å². The highest BCUT2D eigenvalue weighted by Gasteiger charge is 2.14. The van der Waals surface area contributed by atoms with Crippen LogP contribution in [-0.4, -0.2) is 37.7 Å². The predicted molar refractivity (Wildman–Crippen MR) is 94.0 cm³/mol. The van der Waals surface area contributed by atoms with Gasteiger partial charge in [-0.05, 0) is 37.1 Å². The van der Waals surface area contributed by atoms with Crippen molar-refractivity contribution in [3.8, 4) is 11.8 Å². The largest absolute Gasteiger partial charge is 0.494 e. The molecule has 0 bridgehead atoms. The molecule has 0 heterocycles. The van der Waals surface area contributed by atoms with Crippen molar-refractivity contribution in [2.45, 2.75) is 20.3 Å². The van der Waals surface area contributed by atoms with E-state index >= 15 is 0 Å². The molecule has 0 saturated heterocycles. The number of hydrogen-bond acceptors (Lipinski definition) is 6. The zero-order valence-electron chi connectivity index (χ0n) is 14.7. The summed E-state index contributed by atoms with van der Waals surface area (Å²) >= 11 is 0. The molecule has 8 nitrogen and oxygen atoms in total. The molecule has 0 spiro atoms. The van der Waals surface area contributed by atoms with Crippen molar-refractivity contribution in [3.05, 3.63) is 35.4 Å². The highest BCUT2D eigenvalue weighted by Crippen LogP contribution is 2.14. The van der Waals surface area contributed by atoms with Gasteiger partial charge in [-0.25, -0.2) is 9.59 Å². The zero-order valence-corrected chi connectivity index (χ0v) is 14.7. The second-order valence-corrected chi connectivity index (χ2v) is 5.05. The third kappa shape index (κ3) is 7.49. The van der Waals surface area contributed by atoms with E-state index in [0.717, 1.165) is 6.42 Å². The van der Waals surface area contributed by atoms with Crippen LogP contribution in [0.1, 0.15) is 25.8 Å². The maximum atomic E-state index is 11.9. The fourth-order valence-corrected chi connectivity index (χ4v) is 1.78. The molecule has 8 heteroatoms. The van der Waals surface area contributed by atoms with Crippen LogP contribution >= 0.6 is 0 Å². The van der Waals surface area contributed by atoms with Crippen LogP contribution in [0.25, 0.3) is 6.08 Å². The highest BCUT2D eigenvalue weighted by atomic mass is 16.5. The lowest BCUT2D eigenvalue weighted by atomic mass is 10.1.